The van der Waals surface area contributed by atoms with Crippen LogP contribution in [0, 0.1) is 0 Å². The van der Waals surface area contributed by atoms with E-state index in [0.29, 0.717) is 23.7 Å². The zero-order valence-electron chi connectivity index (χ0n) is 16.7. The third kappa shape index (κ3) is 5.68. The summed E-state index contributed by atoms with van der Waals surface area (Å²) in [4.78, 5) is 24.6. The Morgan fingerprint density at radius 1 is 1.10 bits per heavy atom. The topological polar surface area (TPSA) is 129 Å². The number of hydrogen-bond donors (Lipinski definition) is 2. The fourth-order valence-corrected chi connectivity index (χ4v) is 2.83. The number of carbonyl (C=O) groups is 2. The summed E-state index contributed by atoms with van der Waals surface area (Å²) < 4.78 is 16.5. The maximum atomic E-state index is 12.8. The number of amides is 2. The third-order valence-electron chi connectivity index (χ3n) is 4.00. The summed E-state index contributed by atoms with van der Waals surface area (Å²) >= 11 is 6.31. The smallest absolute Gasteiger partial charge is 0.411 e. The van der Waals surface area contributed by atoms with Crippen molar-refractivity contribution in [1.29, 1.82) is 0 Å². The fourth-order valence-electron chi connectivity index (χ4n) is 2.58. The second kappa shape index (κ2) is 10.4. The van der Waals surface area contributed by atoms with Crippen LogP contribution in [-0.2, 0) is 9.47 Å². The van der Waals surface area contributed by atoms with E-state index in [1.165, 1.54) is 31.3 Å². The monoisotopic (exact) mass is 446 g/mol. The predicted molar refractivity (Wildman–Crippen MR) is 112 cm³/mol. The molecule has 1 aromatic heterocycles. The molecule has 162 valence electrons. The minimum Gasteiger partial charge on any atom is -0.496 e. The van der Waals surface area contributed by atoms with Gasteiger partial charge in [0.05, 0.1) is 30.0 Å². The quantitative estimate of drug-likeness (QED) is 0.505. The molecule has 0 aliphatic carbocycles. The second-order valence-electron chi connectivity index (χ2n) is 6.05. The molecule has 0 saturated carbocycles. The van der Waals surface area contributed by atoms with E-state index in [0.717, 1.165) is 0 Å². The molecule has 0 aliphatic rings. The molecule has 2 aromatic carbocycles. The molecule has 0 fully saturated rings. The zero-order chi connectivity index (χ0) is 22.2. The van der Waals surface area contributed by atoms with Gasteiger partial charge in [-0.1, -0.05) is 17.7 Å². The van der Waals surface area contributed by atoms with Crippen molar-refractivity contribution in [1.82, 2.24) is 20.2 Å². The van der Waals surface area contributed by atoms with Crippen molar-refractivity contribution in [2.75, 3.05) is 38.1 Å². The number of carbonyl (C=O) groups excluding carboxylic acids is 2. The van der Waals surface area contributed by atoms with Gasteiger partial charge in [-0.2, -0.15) is 4.68 Å². The number of rotatable bonds is 8. The van der Waals surface area contributed by atoms with E-state index in [-0.39, 0.29) is 22.9 Å². The van der Waals surface area contributed by atoms with Crippen molar-refractivity contribution in [3.05, 3.63) is 53.3 Å². The number of nitrogens with zero attached hydrogens (tertiary/aromatic N) is 4. The van der Waals surface area contributed by atoms with Gasteiger partial charge in [0.2, 0.25) is 0 Å². The summed E-state index contributed by atoms with van der Waals surface area (Å²) in [5, 5.41) is 16.5. The molecule has 0 aliphatic heterocycles. The number of anilines is 2. The summed E-state index contributed by atoms with van der Waals surface area (Å²) in [6, 6.07) is 9.60. The lowest BCUT2D eigenvalue weighted by Gasteiger charge is -2.13. The van der Waals surface area contributed by atoms with Gasteiger partial charge < -0.3 is 19.5 Å². The van der Waals surface area contributed by atoms with Gasteiger partial charge in [-0.25, -0.2) is 4.79 Å². The zero-order valence-corrected chi connectivity index (χ0v) is 17.4. The van der Waals surface area contributed by atoms with E-state index < -0.39 is 12.0 Å². The highest BCUT2D eigenvalue weighted by molar-refractivity contribution is 6.33. The first-order valence-electron chi connectivity index (χ1n) is 8.97. The highest BCUT2D eigenvalue weighted by atomic mass is 35.5. The van der Waals surface area contributed by atoms with Crippen molar-refractivity contribution in [2.45, 2.75) is 0 Å². The van der Waals surface area contributed by atoms with Crippen LogP contribution in [0.1, 0.15) is 10.4 Å². The van der Waals surface area contributed by atoms with Gasteiger partial charge in [-0.15, -0.1) is 5.10 Å². The van der Waals surface area contributed by atoms with Crippen molar-refractivity contribution < 1.29 is 23.8 Å². The average Bonchev–Trinajstić information content (AvgIpc) is 3.28. The summed E-state index contributed by atoms with van der Waals surface area (Å²) in [5.74, 6) is -0.176. The summed E-state index contributed by atoms with van der Waals surface area (Å²) in [5.41, 5.74) is 1.56. The summed E-state index contributed by atoms with van der Waals surface area (Å²) in [7, 11) is 2.94. The Kier molecular flexibility index (Phi) is 7.35. The SMILES string of the molecule is COCCOC(=O)Nc1cccc(NC(=O)c2cc(Cl)c(-n3cnnn3)cc2OC)c1. The van der Waals surface area contributed by atoms with Crippen molar-refractivity contribution in [2.24, 2.45) is 0 Å². The van der Waals surface area contributed by atoms with Gasteiger partial charge in [0, 0.05) is 24.6 Å². The van der Waals surface area contributed by atoms with E-state index in [4.69, 9.17) is 25.8 Å². The number of nitrogens with one attached hydrogen (secondary N) is 2. The maximum absolute atomic E-state index is 12.8. The standard InChI is InChI=1S/C19H19ClN6O5/c1-29-6-7-31-19(28)23-13-5-3-4-12(8-13)22-18(27)14-9-15(20)16(10-17(14)30-2)26-11-21-24-25-26/h3-5,8-11H,6-7H2,1-2H3,(H,22,27)(H,23,28). The Hall–Kier alpha value is -3.70. The molecular formula is C19H19ClN6O5. The van der Waals surface area contributed by atoms with E-state index in [1.807, 2.05) is 0 Å². The molecule has 3 aromatic rings. The van der Waals surface area contributed by atoms with Crippen molar-refractivity contribution in [3.8, 4) is 11.4 Å². The molecule has 0 saturated heterocycles. The Morgan fingerprint density at radius 3 is 2.55 bits per heavy atom. The van der Waals surface area contributed by atoms with Crippen LogP contribution in [0.4, 0.5) is 16.2 Å². The molecule has 2 N–H and O–H groups in total. The minimum atomic E-state index is -0.632. The van der Waals surface area contributed by atoms with Crippen LogP contribution in [0.3, 0.4) is 0 Å². The Morgan fingerprint density at radius 2 is 1.87 bits per heavy atom. The number of halogens is 1. The molecule has 2 amide bonds. The third-order valence-corrected chi connectivity index (χ3v) is 4.30. The van der Waals surface area contributed by atoms with Crippen LogP contribution in [-0.4, -0.2) is 59.6 Å². The number of benzene rings is 2. The van der Waals surface area contributed by atoms with E-state index in [1.54, 1.807) is 30.3 Å². The Labute approximate surface area is 182 Å². The maximum Gasteiger partial charge on any atom is 0.411 e. The van der Waals surface area contributed by atoms with Gasteiger partial charge >= 0.3 is 6.09 Å². The number of methoxy groups -OCH3 is 2. The van der Waals surface area contributed by atoms with Gasteiger partial charge in [0.25, 0.3) is 5.91 Å². The summed E-state index contributed by atoms with van der Waals surface area (Å²) in [6.45, 7) is 0.417. The lowest BCUT2D eigenvalue weighted by atomic mass is 10.1. The van der Waals surface area contributed by atoms with Crippen LogP contribution in [0.25, 0.3) is 5.69 Å². The van der Waals surface area contributed by atoms with Crippen LogP contribution in [0.5, 0.6) is 5.75 Å². The molecule has 0 bridgehead atoms. The minimum absolute atomic E-state index is 0.125. The fraction of sp³-hybridized carbons (Fsp3) is 0.211. The van der Waals surface area contributed by atoms with Gasteiger partial charge in [-0.05, 0) is 34.7 Å². The first-order chi connectivity index (χ1) is 15.0. The number of hydrogen-bond acceptors (Lipinski definition) is 8. The van der Waals surface area contributed by atoms with E-state index in [2.05, 4.69) is 26.2 Å². The first kappa shape index (κ1) is 22.0. The largest absolute Gasteiger partial charge is 0.496 e. The molecule has 0 unspecified atom stereocenters. The van der Waals surface area contributed by atoms with Gasteiger partial charge in [-0.3, -0.25) is 10.1 Å². The molecule has 11 nitrogen and oxygen atoms in total. The lowest BCUT2D eigenvalue weighted by Crippen LogP contribution is -2.17. The molecule has 0 radical (unpaired) electrons. The number of tetrazole rings is 1. The molecule has 0 spiro atoms. The second-order valence-corrected chi connectivity index (χ2v) is 6.45. The summed E-state index contributed by atoms with van der Waals surface area (Å²) in [6.07, 6.45) is 0.742. The van der Waals surface area contributed by atoms with Gasteiger partial charge in [0.15, 0.2) is 0 Å². The Bertz CT molecular complexity index is 1060. The van der Waals surface area contributed by atoms with Crippen LogP contribution >= 0.6 is 11.6 Å². The number of ether oxygens (including phenoxy) is 3. The average molecular weight is 447 g/mol. The molecule has 3 rings (SSSR count). The lowest BCUT2D eigenvalue weighted by molar-refractivity contribution is 0.102. The highest BCUT2D eigenvalue weighted by Crippen LogP contribution is 2.30. The Balaban J connectivity index is 1.74. The number of aromatic nitrogens is 4. The van der Waals surface area contributed by atoms with Crippen LogP contribution < -0.4 is 15.4 Å². The highest BCUT2D eigenvalue weighted by Gasteiger charge is 2.18. The van der Waals surface area contributed by atoms with Crippen molar-refractivity contribution in [3.63, 3.8) is 0 Å². The van der Waals surface area contributed by atoms with Crippen LogP contribution in [0.15, 0.2) is 42.7 Å². The van der Waals surface area contributed by atoms with Crippen molar-refractivity contribution >= 4 is 35.0 Å². The molecular weight excluding hydrogens is 428 g/mol. The molecule has 1 heterocycles. The molecule has 12 heteroatoms. The normalized spacial score (nSPS) is 10.4. The van der Waals surface area contributed by atoms with Gasteiger partial charge in [0.1, 0.15) is 18.7 Å². The van der Waals surface area contributed by atoms with E-state index >= 15 is 0 Å². The predicted octanol–water partition coefficient (Wildman–Crippen LogP) is 2.77. The van der Waals surface area contributed by atoms with E-state index in [9.17, 15) is 9.59 Å². The first-order valence-corrected chi connectivity index (χ1v) is 9.34. The molecule has 31 heavy (non-hydrogen) atoms. The molecule has 0 atom stereocenters. The van der Waals surface area contributed by atoms with Crippen LogP contribution in [0.2, 0.25) is 5.02 Å².